The number of hydrogen-bond donors (Lipinski definition) is 0. The van der Waals surface area contributed by atoms with Crippen molar-refractivity contribution in [2.45, 2.75) is 36.3 Å². The second kappa shape index (κ2) is 7.86. The molecule has 4 heterocycles. The van der Waals surface area contributed by atoms with Crippen molar-refractivity contribution >= 4 is 34.0 Å². The molecule has 4 rings (SSSR count). The first-order valence-electron chi connectivity index (χ1n) is 9.10. The van der Waals surface area contributed by atoms with Crippen molar-refractivity contribution in [3.05, 3.63) is 21.6 Å². The van der Waals surface area contributed by atoms with Crippen molar-refractivity contribution in [2.75, 3.05) is 39.5 Å². The molecule has 2 aromatic rings. The van der Waals surface area contributed by atoms with Gasteiger partial charge in [0, 0.05) is 46.8 Å². The van der Waals surface area contributed by atoms with E-state index in [2.05, 4.69) is 15.0 Å². The summed E-state index contributed by atoms with van der Waals surface area (Å²) in [6.45, 7) is 3.21. The summed E-state index contributed by atoms with van der Waals surface area (Å²) < 4.78 is 7.80. The number of thioether (sulfide) groups is 1. The lowest BCUT2D eigenvalue weighted by Crippen LogP contribution is -2.40. The molecular formula is C17H23N5O3S2. The highest BCUT2D eigenvalue weighted by molar-refractivity contribution is 8.01. The van der Waals surface area contributed by atoms with Crippen molar-refractivity contribution in [2.24, 2.45) is 0 Å². The molecule has 0 aliphatic carbocycles. The molecule has 2 aromatic heterocycles. The van der Waals surface area contributed by atoms with E-state index in [4.69, 9.17) is 4.74 Å². The van der Waals surface area contributed by atoms with Crippen molar-refractivity contribution in [1.29, 1.82) is 0 Å². The lowest BCUT2D eigenvalue weighted by molar-refractivity contribution is -0.125. The van der Waals surface area contributed by atoms with Crippen LogP contribution in [-0.2, 0) is 22.5 Å². The van der Waals surface area contributed by atoms with Gasteiger partial charge in [-0.15, -0.1) is 5.10 Å². The minimum atomic E-state index is -0.0888. The molecule has 2 aliphatic rings. The van der Waals surface area contributed by atoms with Crippen molar-refractivity contribution < 1.29 is 9.53 Å². The van der Waals surface area contributed by atoms with Crippen LogP contribution in [-0.4, -0.2) is 76.0 Å². The van der Waals surface area contributed by atoms with E-state index in [1.165, 1.54) is 27.6 Å². The molecule has 146 valence electrons. The zero-order valence-corrected chi connectivity index (χ0v) is 17.1. The Labute approximate surface area is 165 Å². The van der Waals surface area contributed by atoms with Crippen LogP contribution in [0.1, 0.15) is 24.1 Å². The molecule has 27 heavy (non-hydrogen) atoms. The molecule has 1 fully saturated rings. The monoisotopic (exact) mass is 409 g/mol. The Bertz CT molecular complexity index is 904. The Morgan fingerprint density at radius 2 is 2.30 bits per heavy atom. The normalized spacial score (nSPS) is 20.1. The van der Waals surface area contributed by atoms with Crippen LogP contribution in [0.2, 0.25) is 0 Å². The molecule has 10 heteroatoms. The van der Waals surface area contributed by atoms with Crippen LogP contribution >= 0.6 is 23.1 Å². The molecule has 0 aromatic carbocycles. The summed E-state index contributed by atoms with van der Waals surface area (Å²) in [6, 6.07) is 0. The average molecular weight is 410 g/mol. The van der Waals surface area contributed by atoms with Gasteiger partial charge in [-0.1, -0.05) is 23.1 Å². The molecule has 8 nitrogen and oxygen atoms in total. The number of amides is 1. The number of carbonyl (C=O) groups excluding carboxylic acids is 1. The number of carbonyl (C=O) groups is 1. The molecule has 0 N–H and O–H groups in total. The van der Waals surface area contributed by atoms with Gasteiger partial charge in [-0.3, -0.25) is 14.5 Å². The maximum atomic E-state index is 12.9. The molecule has 0 spiro atoms. The van der Waals surface area contributed by atoms with E-state index in [-0.39, 0.29) is 17.6 Å². The molecule has 0 radical (unpaired) electrons. The Balaban J connectivity index is 1.53. The van der Waals surface area contributed by atoms with Gasteiger partial charge in [0.15, 0.2) is 4.34 Å². The predicted octanol–water partition coefficient (Wildman–Crippen LogP) is 0.868. The topological polar surface area (TPSA) is 80.0 Å². The second-order valence-electron chi connectivity index (χ2n) is 7.10. The molecule has 0 saturated carbocycles. The fourth-order valence-electron chi connectivity index (χ4n) is 3.38. The Hall–Kier alpha value is -1.49. The van der Waals surface area contributed by atoms with E-state index in [1.807, 2.05) is 0 Å². The highest BCUT2D eigenvalue weighted by atomic mass is 32.2. The summed E-state index contributed by atoms with van der Waals surface area (Å²) in [7, 11) is 3.45. The van der Waals surface area contributed by atoms with E-state index < -0.39 is 0 Å². The first kappa shape index (κ1) is 18.9. The maximum Gasteiger partial charge on any atom is 0.279 e. The van der Waals surface area contributed by atoms with Crippen LogP contribution in [0.4, 0.5) is 0 Å². The van der Waals surface area contributed by atoms with Gasteiger partial charge in [0.1, 0.15) is 0 Å². The summed E-state index contributed by atoms with van der Waals surface area (Å²) in [6.07, 6.45) is 3.27. The summed E-state index contributed by atoms with van der Waals surface area (Å²) in [5.41, 5.74) is 1.53. The van der Waals surface area contributed by atoms with E-state index in [0.717, 1.165) is 50.2 Å². The van der Waals surface area contributed by atoms with Gasteiger partial charge in [-0.25, -0.2) is 4.98 Å². The number of rotatable bonds is 5. The van der Waals surface area contributed by atoms with Crippen LogP contribution in [0.25, 0.3) is 4.96 Å². The Morgan fingerprint density at radius 1 is 1.44 bits per heavy atom. The molecule has 2 aliphatic heterocycles. The summed E-state index contributed by atoms with van der Waals surface area (Å²) in [5, 5.41) is 4.39. The fraction of sp³-hybridized carbons (Fsp3) is 0.647. The fourth-order valence-corrected chi connectivity index (χ4v) is 5.30. The van der Waals surface area contributed by atoms with E-state index >= 15 is 0 Å². The van der Waals surface area contributed by atoms with Crippen LogP contribution in [0.3, 0.4) is 0 Å². The van der Waals surface area contributed by atoms with E-state index in [1.54, 1.807) is 19.0 Å². The smallest absolute Gasteiger partial charge is 0.279 e. The first-order chi connectivity index (χ1) is 13.0. The van der Waals surface area contributed by atoms with Crippen LogP contribution in [0.5, 0.6) is 0 Å². The average Bonchev–Trinajstić information content (AvgIpc) is 3.30. The third-order valence-electron chi connectivity index (χ3n) is 4.92. The third-order valence-corrected chi connectivity index (χ3v) is 6.95. The third kappa shape index (κ3) is 4.03. The van der Waals surface area contributed by atoms with Gasteiger partial charge in [-0.2, -0.15) is 4.52 Å². The zero-order valence-electron chi connectivity index (χ0n) is 15.5. The lowest BCUT2D eigenvalue weighted by Gasteiger charge is -2.29. The number of ether oxygens (including phenoxy) is 1. The molecule has 1 saturated heterocycles. The summed E-state index contributed by atoms with van der Waals surface area (Å²) in [5.74, 6) is 0.319. The minimum absolute atomic E-state index is 0.0173. The highest BCUT2D eigenvalue weighted by Crippen LogP contribution is 2.25. The van der Waals surface area contributed by atoms with Crippen molar-refractivity contribution in [1.82, 2.24) is 24.4 Å². The highest BCUT2D eigenvalue weighted by Gasteiger charge is 2.26. The van der Waals surface area contributed by atoms with E-state index in [0.29, 0.717) is 21.6 Å². The van der Waals surface area contributed by atoms with Gasteiger partial charge in [-0.05, 0) is 12.8 Å². The molecule has 1 atom stereocenters. The Kier molecular flexibility index (Phi) is 5.49. The van der Waals surface area contributed by atoms with Gasteiger partial charge in [0.05, 0.1) is 23.1 Å². The summed E-state index contributed by atoms with van der Waals surface area (Å²) >= 11 is 2.71. The second-order valence-corrected chi connectivity index (χ2v) is 9.28. The molecule has 0 unspecified atom stereocenters. The molecule has 0 bridgehead atoms. The van der Waals surface area contributed by atoms with Crippen molar-refractivity contribution in [3.8, 4) is 0 Å². The largest absolute Gasteiger partial charge is 0.377 e. The SMILES string of the molecule is CN(C)C(=O)CSc1nn2c(=O)c3c(nc2s1)CCN(C[C@H]1CCCO1)C3. The van der Waals surface area contributed by atoms with Crippen molar-refractivity contribution in [3.63, 3.8) is 0 Å². The first-order valence-corrected chi connectivity index (χ1v) is 10.9. The Morgan fingerprint density at radius 3 is 3.04 bits per heavy atom. The predicted molar refractivity (Wildman–Crippen MR) is 105 cm³/mol. The van der Waals surface area contributed by atoms with Gasteiger partial charge < -0.3 is 9.64 Å². The minimum Gasteiger partial charge on any atom is -0.377 e. The molecular weight excluding hydrogens is 386 g/mol. The van der Waals surface area contributed by atoms with Gasteiger partial charge in [0.25, 0.3) is 5.56 Å². The summed E-state index contributed by atoms with van der Waals surface area (Å²) in [4.78, 5) is 33.8. The van der Waals surface area contributed by atoms with Gasteiger partial charge in [0.2, 0.25) is 10.9 Å². The van der Waals surface area contributed by atoms with Gasteiger partial charge >= 0.3 is 0 Å². The number of nitrogens with zero attached hydrogens (tertiary/aromatic N) is 5. The quantitative estimate of drug-likeness (QED) is 0.678. The van der Waals surface area contributed by atoms with Crippen LogP contribution < -0.4 is 5.56 Å². The number of fused-ring (bicyclic) bond motifs is 2. The van der Waals surface area contributed by atoms with Crippen LogP contribution in [0, 0.1) is 0 Å². The molecule has 1 amide bonds. The lowest BCUT2D eigenvalue weighted by atomic mass is 10.1. The standard InChI is InChI=1S/C17H23N5O3S2/c1-20(2)14(23)10-26-17-19-22-15(24)12-9-21(8-11-4-3-7-25-11)6-5-13(12)18-16(22)27-17/h11H,3-10H2,1-2H3/t11-/m1/s1. The zero-order chi connectivity index (χ0) is 19.0. The number of hydrogen-bond acceptors (Lipinski definition) is 8. The van der Waals surface area contributed by atoms with Crippen LogP contribution in [0.15, 0.2) is 9.13 Å². The van der Waals surface area contributed by atoms with E-state index in [9.17, 15) is 9.59 Å². The number of aromatic nitrogens is 3. The maximum absolute atomic E-state index is 12.9.